The molecule has 0 spiro atoms. The number of hydrogen-bond donors (Lipinski definition) is 1. The van der Waals surface area contributed by atoms with Crippen molar-refractivity contribution in [2.45, 2.75) is 32.4 Å². The SMILES string of the molecule is CCOC1CCN(Cc2c(N)cccc2Cl)CC1. The highest BCUT2D eigenvalue weighted by molar-refractivity contribution is 6.31. The van der Waals surface area contributed by atoms with Gasteiger partial charge in [-0.05, 0) is 31.9 Å². The van der Waals surface area contributed by atoms with Crippen molar-refractivity contribution in [3.63, 3.8) is 0 Å². The van der Waals surface area contributed by atoms with Crippen molar-refractivity contribution in [1.82, 2.24) is 4.90 Å². The first-order valence-corrected chi connectivity index (χ1v) is 6.95. The molecule has 18 heavy (non-hydrogen) atoms. The summed E-state index contributed by atoms with van der Waals surface area (Å²) in [5.41, 5.74) is 7.81. The molecule has 0 radical (unpaired) electrons. The van der Waals surface area contributed by atoms with E-state index in [1.54, 1.807) is 0 Å². The van der Waals surface area contributed by atoms with Crippen molar-refractivity contribution in [3.05, 3.63) is 28.8 Å². The van der Waals surface area contributed by atoms with Gasteiger partial charge in [0, 0.05) is 42.5 Å². The summed E-state index contributed by atoms with van der Waals surface area (Å²) >= 11 is 6.20. The van der Waals surface area contributed by atoms with Gasteiger partial charge in [-0.25, -0.2) is 0 Å². The molecule has 0 bridgehead atoms. The van der Waals surface area contributed by atoms with Gasteiger partial charge in [0.2, 0.25) is 0 Å². The van der Waals surface area contributed by atoms with Crippen LogP contribution in [0.15, 0.2) is 18.2 Å². The molecule has 0 aliphatic carbocycles. The fourth-order valence-corrected chi connectivity index (χ4v) is 2.68. The van der Waals surface area contributed by atoms with Crippen LogP contribution in [0.3, 0.4) is 0 Å². The molecule has 1 aromatic carbocycles. The Balaban J connectivity index is 1.92. The van der Waals surface area contributed by atoms with E-state index >= 15 is 0 Å². The molecule has 0 saturated carbocycles. The molecule has 1 aliphatic heterocycles. The molecule has 0 amide bonds. The largest absolute Gasteiger partial charge is 0.398 e. The minimum Gasteiger partial charge on any atom is -0.398 e. The smallest absolute Gasteiger partial charge is 0.0599 e. The van der Waals surface area contributed by atoms with Crippen molar-refractivity contribution in [2.75, 3.05) is 25.4 Å². The standard InChI is InChI=1S/C14H21ClN2O/c1-2-18-11-6-8-17(9-7-11)10-12-13(15)4-3-5-14(12)16/h3-5,11H,2,6-10,16H2,1H3. The molecule has 3 nitrogen and oxygen atoms in total. The Morgan fingerprint density at radius 2 is 2.11 bits per heavy atom. The van der Waals surface area contributed by atoms with Crippen LogP contribution in [0.2, 0.25) is 5.02 Å². The normalized spacial score (nSPS) is 18.1. The van der Waals surface area contributed by atoms with Gasteiger partial charge in [0.15, 0.2) is 0 Å². The third-order valence-corrected chi connectivity index (χ3v) is 3.83. The highest BCUT2D eigenvalue weighted by Gasteiger charge is 2.20. The van der Waals surface area contributed by atoms with Gasteiger partial charge < -0.3 is 10.5 Å². The number of piperidine rings is 1. The summed E-state index contributed by atoms with van der Waals surface area (Å²) in [6, 6.07) is 5.71. The summed E-state index contributed by atoms with van der Waals surface area (Å²) in [5, 5.41) is 0.766. The molecule has 1 fully saturated rings. The second-order valence-corrected chi connectivity index (χ2v) is 5.15. The Kier molecular flexibility index (Phi) is 4.87. The van der Waals surface area contributed by atoms with Gasteiger partial charge in [0.05, 0.1) is 6.10 Å². The molecule has 0 atom stereocenters. The monoisotopic (exact) mass is 268 g/mol. The Labute approximate surface area is 114 Å². The Bertz CT molecular complexity index is 369. The van der Waals surface area contributed by atoms with E-state index in [1.165, 1.54) is 0 Å². The lowest BCUT2D eigenvalue weighted by molar-refractivity contribution is 0.0126. The van der Waals surface area contributed by atoms with Gasteiger partial charge in [-0.2, -0.15) is 0 Å². The molecule has 1 heterocycles. The molecule has 2 N–H and O–H groups in total. The maximum atomic E-state index is 6.20. The van der Waals surface area contributed by atoms with E-state index in [0.29, 0.717) is 6.10 Å². The summed E-state index contributed by atoms with van der Waals surface area (Å²) in [5.74, 6) is 0. The number of ether oxygens (including phenoxy) is 1. The van der Waals surface area contributed by atoms with Crippen LogP contribution in [0.25, 0.3) is 0 Å². The van der Waals surface area contributed by atoms with Crippen LogP contribution in [-0.2, 0) is 11.3 Å². The topological polar surface area (TPSA) is 38.5 Å². The molecular weight excluding hydrogens is 248 g/mol. The maximum Gasteiger partial charge on any atom is 0.0599 e. The summed E-state index contributed by atoms with van der Waals surface area (Å²) in [6.07, 6.45) is 2.62. The Morgan fingerprint density at radius 3 is 2.72 bits per heavy atom. The van der Waals surface area contributed by atoms with Crippen LogP contribution in [0.5, 0.6) is 0 Å². The number of nitrogens with zero attached hydrogens (tertiary/aromatic N) is 1. The second-order valence-electron chi connectivity index (χ2n) is 4.74. The summed E-state index contributed by atoms with van der Waals surface area (Å²) in [7, 11) is 0. The number of nitrogens with two attached hydrogens (primary N) is 1. The average molecular weight is 269 g/mol. The number of anilines is 1. The van der Waals surface area contributed by atoms with Crippen molar-refractivity contribution in [1.29, 1.82) is 0 Å². The van der Waals surface area contributed by atoms with Crippen LogP contribution in [0.4, 0.5) is 5.69 Å². The molecule has 2 rings (SSSR count). The van der Waals surface area contributed by atoms with Crippen molar-refractivity contribution in [2.24, 2.45) is 0 Å². The third-order valence-electron chi connectivity index (χ3n) is 3.47. The van der Waals surface area contributed by atoms with Crippen LogP contribution in [0.1, 0.15) is 25.3 Å². The molecule has 1 aromatic rings. The van der Waals surface area contributed by atoms with Crippen LogP contribution in [0, 0.1) is 0 Å². The van der Waals surface area contributed by atoms with Crippen LogP contribution < -0.4 is 5.73 Å². The summed E-state index contributed by atoms with van der Waals surface area (Å²) in [4.78, 5) is 2.40. The summed E-state index contributed by atoms with van der Waals surface area (Å²) in [6.45, 7) is 5.80. The minimum absolute atomic E-state index is 0.426. The van der Waals surface area contributed by atoms with Crippen molar-refractivity contribution >= 4 is 17.3 Å². The van der Waals surface area contributed by atoms with E-state index in [4.69, 9.17) is 22.1 Å². The first-order chi connectivity index (χ1) is 8.70. The fraction of sp³-hybridized carbons (Fsp3) is 0.571. The molecular formula is C14H21ClN2O. The number of benzene rings is 1. The van der Waals surface area contributed by atoms with Gasteiger partial charge in [-0.15, -0.1) is 0 Å². The quantitative estimate of drug-likeness (QED) is 0.854. The zero-order valence-corrected chi connectivity index (χ0v) is 11.6. The van der Waals surface area contributed by atoms with Gasteiger partial charge in [0.1, 0.15) is 0 Å². The number of hydrogen-bond acceptors (Lipinski definition) is 3. The average Bonchev–Trinajstić information content (AvgIpc) is 2.36. The molecule has 0 unspecified atom stereocenters. The highest BCUT2D eigenvalue weighted by Crippen LogP contribution is 2.25. The zero-order chi connectivity index (χ0) is 13.0. The first-order valence-electron chi connectivity index (χ1n) is 6.57. The predicted molar refractivity (Wildman–Crippen MR) is 75.8 cm³/mol. The van der Waals surface area contributed by atoms with E-state index < -0.39 is 0 Å². The van der Waals surface area contributed by atoms with Gasteiger partial charge in [-0.1, -0.05) is 17.7 Å². The molecule has 1 aliphatic rings. The van der Waals surface area contributed by atoms with Crippen molar-refractivity contribution < 1.29 is 4.74 Å². The Morgan fingerprint density at radius 1 is 1.39 bits per heavy atom. The lowest BCUT2D eigenvalue weighted by Crippen LogP contribution is -2.36. The number of nitrogen functional groups attached to an aromatic ring is 1. The van der Waals surface area contributed by atoms with E-state index in [2.05, 4.69) is 11.8 Å². The van der Waals surface area contributed by atoms with Gasteiger partial charge in [0.25, 0.3) is 0 Å². The van der Waals surface area contributed by atoms with E-state index in [9.17, 15) is 0 Å². The summed E-state index contributed by atoms with van der Waals surface area (Å²) < 4.78 is 5.65. The highest BCUT2D eigenvalue weighted by atomic mass is 35.5. The lowest BCUT2D eigenvalue weighted by Gasteiger charge is -2.32. The fourth-order valence-electron chi connectivity index (χ4n) is 2.44. The minimum atomic E-state index is 0.426. The van der Waals surface area contributed by atoms with E-state index in [-0.39, 0.29) is 0 Å². The Hall–Kier alpha value is -0.770. The van der Waals surface area contributed by atoms with Gasteiger partial charge in [-0.3, -0.25) is 4.90 Å². The second kappa shape index (κ2) is 6.41. The van der Waals surface area contributed by atoms with Crippen LogP contribution in [-0.4, -0.2) is 30.7 Å². The first kappa shape index (κ1) is 13.7. The van der Waals surface area contributed by atoms with E-state index in [0.717, 1.165) is 55.4 Å². The maximum absolute atomic E-state index is 6.20. The van der Waals surface area contributed by atoms with Crippen LogP contribution >= 0.6 is 11.6 Å². The molecule has 0 aromatic heterocycles. The molecule has 4 heteroatoms. The van der Waals surface area contributed by atoms with Gasteiger partial charge >= 0.3 is 0 Å². The molecule has 100 valence electrons. The molecule has 1 saturated heterocycles. The number of rotatable bonds is 4. The van der Waals surface area contributed by atoms with E-state index in [1.807, 2.05) is 18.2 Å². The number of halogens is 1. The lowest BCUT2D eigenvalue weighted by atomic mass is 10.1. The zero-order valence-electron chi connectivity index (χ0n) is 10.9. The van der Waals surface area contributed by atoms with Crippen molar-refractivity contribution in [3.8, 4) is 0 Å². The predicted octanol–water partition coefficient (Wildman–Crippen LogP) is 2.92. The number of likely N-dealkylation sites (tertiary alicyclic amines) is 1. The third kappa shape index (κ3) is 3.37.